The number of benzene rings is 3. The molecule has 0 fully saturated rings. The highest BCUT2D eigenvalue weighted by Gasteiger charge is 2.10. The van der Waals surface area contributed by atoms with Crippen LogP contribution < -0.4 is 0 Å². The normalized spacial score (nSPS) is 11.1. The fraction of sp³-hybridized carbons (Fsp3) is 0.154. The zero-order valence-corrected chi connectivity index (χ0v) is 17.6. The van der Waals surface area contributed by atoms with E-state index in [0.29, 0.717) is 12.4 Å². The minimum atomic E-state index is -0.835. The number of carboxylic acid groups (broad SMARTS) is 1. The van der Waals surface area contributed by atoms with Gasteiger partial charge in [0.05, 0.1) is 6.54 Å². The summed E-state index contributed by atoms with van der Waals surface area (Å²) in [5.41, 5.74) is 7.30. The molecular formula is C26H24N2O3. The minimum Gasteiger partial charge on any atom is -0.480 e. The molecule has 5 heteroatoms. The van der Waals surface area contributed by atoms with Gasteiger partial charge in [-0.2, -0.15) is 0 Å². The molecule has 0 spiro atoms. The number of hydrogen-bond donors (Lipinski definition) is 1. The first-order valence-corrected chi connectivity index (χ1v) is 10.1. The smallest absolute Gasteiger partial charge is 0.317 e. The van der Waals surface area contributed by atoms with Crippen LogP contribution in [0.25, 0.3) is 33.8 Å². The number of aryl methyl sites for hydroxylation is 1. The van der Waals surface area contributed by atoms with Crippen LogP contribution in [-0.2, 0) is 11.3 Å². The van der Waals surface area contributed by atoms with Crippen molar-refractivity contribution in [2.45, 2.75) is 13.5 Å². The van der Waals surface area contributed by atoms with Crippen LogP contribution in [0.4, 0.5) is 0 Å². The summed E-state index contributed by atoms with van der Waals surface area (Å²) in [6, 6.07) is 24.6. The Morgan fingerprint density at radius 3 is 2.03 bits per heavy atom. The summed E-state index contributed by atoms with van der Waals surface area (Å²) >= 11 is 0. The molecule has 1 N–H and O–H groups in total. The van der Waals surface area contributed by atoms with Crippen molar-refractivity contribution in [1.29, 1.82) is 0 Å². The molecule has 0 saturated heterocycles. The molecule has 0 atom stereocenters. The Morgan fingerprint density at radius 2 is 1.42 bits per heavy atom. The molecule has 0 bridgehead atoms. The van der Waals surface area contributed by atoms with E-state index in [2.05, 4.69) is 60.4 Å². The standard InChI is InChI=1S/C26H24N2O3/c1-18-3-7-20(8-4-18)21-11-13-22(14-12-21)24-17-31-26(27-24)23-9-5-19(6-10-23)15-28(2)16-25(29)30/h3-14,17H,15-16H2,1-2H3,(H,29,30). The lowest BCUT2D eigenvalue weighted by atomic mass is 10.0. The number of rotatable bonds is 7. The summed E-state index contributed by atoms with van der Waals surface area (Å²) in [7, 11) is 1.78. The van der Waals surface area contributed by atoms with Crippen LogP contribution in [0, 0.1) is 6.92 Å². The first kappa shape index (κ1) is 20.6. The molecule has 3 aromatic carbocycles. The summed E-state index contributed by atoms with van der Waals surface area (Å²) in [5, 5.41) is 8.87. The van der Waals surface area contributed by atoms with Crippen molar-refractivity contribution in [1.82, 2.24) is 9.88 Å². The number of oxazole rings is 1. The molecule has 4 rings (SSSR count). The molecule has 1 aromatic heterocycles. The monoisotopic (exact) mass is 412 g/mol. The zero-order chi connectivity index (χ0) is 21.8. The van der Waals surface area contributed by atoms with Crippen LogP contribution in [0.2, 0.25) is 0 Å². The van der Waals surface area contributed by atoms with Crippen molar-refractivity contribution < 1.29 is 14.3 Å². The van der Waals surface area contributed by atoms with Gasteiger partial charge in [0.25, 0.3) is 0 Å². The van der Waals surface area contributed by atoms with Crippen LogP contribution in [0.15, 0.2) is 83.5 Å². The molecule has 156 valence electrons. The van der Waals surface area contributed by atoms with Gasteiger partial charge in [0, 0.05) is 17.7 Å². The van der Waals surface area contributed by atoms with Crippen LogP contribution >= 0.6 is 0 Å². The quantitative estimate of drug-likeness (QED) is 0.434. The third-order valence-electron chi connectivity index (χ3n) is 5.13. The number of nitrogens with zero attached hydrogens (tertiary/aromatic N) is 2. The molecular weight excluding hydrogens is 388 g/mol. The number of likely N-dealkylation sites (N-methyl/N-ethyl adjacent to an activating group) is 1. The van der Waals surface area contributed by atoms with Gasteiger partial charge in [-0.25, -0.2) is 4.98 Å². The number of carboxylic acids is 1. The second-order valence-corrected chi connectivity index (χ2v) is 7.74. The minimum absolute atomic E-state index is 0.00749. The number of aliphatic carboxylic acids is 1. The second kappa shape index (κ2) is 8.98. The Hall–Kier alpha value is -3.70. The Labute approximate surface area is 181 Å². The van der Waals surface area contributed by atoms with Gasteiger partial charge in [-0.3, -0.25) is 9.69 Å². The molecule has 0 aliphatic heterocycles. The highest BCUT2D eigenvalue weighted by Crippen LogP contribution is 2.27. The lowest BCUT2D eigenvalue weighted by Gasteiger charge is -2.13. The molecule has 4 aromatic rings. The van der Waals surface area contributed by atoms with Crippen molar-refractivity contribution in [3.8, 4) is 33.8 Å². The van der Waals surface area contributed by atoms with E-state index < -0.39 is 5.97 Å². The van der Waals surface area contributed by atoms with Gasteiger partial charge < -0.3 is 9.52 Å². The Morgan fingerprint density at radius 1 is 0.871 bits per heavy atom. The van der Waals surface area contributed by atoms with E-state index >= 15 is 0 Å². The molecule has 31 heavy (non-hydrogen) atoms. The highest BCUT2D eigenvalue weighted by atomic mass is 16.4. The van der Waals surface area contributed by atoms with Crippen molar-refractivity contribution in [3.63, 3.8) is 0 Å². The molecule has 1 heterocycles. The van der Waals surface area contributed by atoms with E-state index in [4.69, 9.17) is 9.52 Å². The average Bonchev–Trinajstić information content (AvgIpc) is 3.25. The first-order chi connectivity index (χ1) is 15.0. The third kappa shape index (κ3) is 5.08. The summed E-state index contributed by atoms with van der Waals surface area (Å²) < 4.78 is 5.71. The van der Waals surface area contributed by atoms with E-state index in [9.17, 15) is 4.79 Å². The maximum absolute atomic E-state index is 10.8. The number of hydrogen-bond acceptors (Lipinski definition) is 4. The summed E-state index contributed by atoms with van der Waals surface area (Å²) in [6.07, 6.45) is 1.67. The Kier molecular flexibility index (Phi) is 5.96. The molecule has 0 unspecified atom stereocenters. The molecule has 0 radical (unpaired) electrons. The topological polar surface area (TPSA) is 66.6 Å². The van der Waals surface area contributed by atoms with Gasteiger partial charge in [0.1, 0.15) is 12.0 Å². The lowest BCUT2D eigenvalue weighted by molar-refractivity contribution is -0.138. The third-order valence-corrected chi connectivity index (χ3v) is 5.13. The van der Waals surface area contributed by atoms with E-state index in [1.807, 2.05) is 24.3 Å². The highest BCUT2D eigenvalue weighted by molar-refractivity contribution is 5.70. The largest absolute Gasteiger partial charge is 0.480 e. The van der Waals surface area contributed by atoms with Gasteiger partial charge in [-0.1, -0.05) is 66.2 Å². The molecule has 0 saturated carbocycles. The van der Waals surface area contributed by atoms with Gasteiger partial charge in [-0.15, -0.1) is 0 Å². The van der Waals surface area contributed by atoms with E-state index in [1.165, 1.54) is 11.1 Å². The van der Waals surface area contributed by atoms with Gasteiger partial charge >= 0.3 is 5.97 Å². The Bertz CT molecular complexity index is 1160. The maximum Gasteiger partial charge on any atom is 0.317 e. The van der Waals surface area contributed by atoms with Gasteiger partial charge in [0.2, 0.25) is 5.89 Å². The predicted octanol–water partition coefficient (Wildman–Crippen LogP) is 5.50. The van der Waals surface area contributed by atoms with Crippen molar-refractivity contribution >= 4 is 5.97 Å². The fourth-order valence-electron chi connectivity index (χ4n) is 3.47. The first-order valence-electron chi connectivity index (χ1n) is 10.1. The average molecular weight is 412 g/mol. The van der Waals surface area contributed by atoms with Crippen LogP contribution in [-0.4, -0.2) is 34.6 Å². The van der Waals surface area contributed by atoms with Crippen LogP contribution in [0.3, 0.4) is 0 Å². The fourth-order valence-corrected chi connectivity index (χ4v) is 3.47. The zero-order valence-electron chi connectivity index (χ0n) is 17.6. The molecule has 0 amide bonds. The van der Waals surface area contributed by atoms with Crippen molar-refractivity contribution in [2.24, 2.45) is 0 Å². The van der Waals surface area contributed by atoms with E-state index in [1.54, 1.807) is 18.2 Å². The molecule has 0 aliphatic rings. The second-order valence-electron chi connectivity index (χ2n) is 7.74. The van der Waals surface area contributed by atoms with Crippen LogP contribution in [0.5, 0.6) is 0 Å². The van der Waals surface area contributed by atoms with Crippen molar-refractivity contribution in [2.75, 3.05) is 13.6 Å². The number of aromatic nitrogens is 1. The van der Waals surface area contributed by atoms with E-state index in [0.717, 1.165) is 27.9 Å². The molecule has 5 nitrogen and oxygen atoms in total. The molecule has 0 aliphatic carbocycles. The van der Waals surface area contributed by atoms with Crippen LogP contribution in [0.1, 0.15) is 11.1 Å². The van der Waals surface area contributed by atoms with E-state index in [-0.39, 0.29) is 6.54 Å². The lowest BCUT2D eigenvalue weighted by Crippen LogP contribution is -2.25. The van der Waals surface area contributed by atoms with Gasteiger partial charge in [0.15, 0.2) is 0 Å². The SMILES string of the molecule is Cc1ccc(-c2ccc(-c3coc(-c4ccc(CN(C)CC(=O)O)cc4)n3)cc2)cc1. The summed E-state index contributed by atoms with van der Waals surface area (Å²) in [6.45, 7) is 2.66. The summed E-state index contributed by atoms with van der Waals surface area (Å²) in [5.74, 6) is -0.276. The predicted molar refractivity (Wildman–Crippen MR) is 122 cm³/mol. The maximum atomic E-state index is 10.8. The van der Waals surface area contributed by atoms with Crippen molar-refractivity contribution in [3.05, 3.63) is 90.2 Å². The Balaban J connectivity index is 1.46. The van der Waals surface area contributed by atoms with Gasteiger partial charge in [-0.05, 0) is 42.8 Å². The number of carbonyl (C=O) groups is 1. The summed E-state index contributed by atoms with van der Waals surface area (Å²) in [4.78, 5) is 17.2.